The molecule has 1 N–H and O–H groups in total. The topological polar surface area (TPSA) is 82.9 Å². The van der Waals surface area contributed by atoms with E-state index in [-0.39, 0.29) is 5.75 Å². The lowest BCUT2D eigenvalue weighted by molar-refractivity contribution is 0.576. The van der Waals surface area contributed by atoms with Crippen molar-refractivity contribution >= 4 is 10.0 Å². The number of unbranched alkanes of at least 4 members (excludes halogenated alkanes) is 2. The highest BCUT2D eigenvalue weighted by atomic mass is 32.2. The Hall–Kier alpha value is -1.45. The number of aryl methyl sites for hydroxylation is 1. The zero-order chi connectivity index (χ0) is 13.3. The molecule has 0 aliphatic carbocycles. The molecule has 0 unspecified atom stereocenters. The maximum absolute atomic E-state index is 11.6. The van der Waals surface area contributed by atoms with Gasteiger partial charge in [-0.15, -0.1) is 0 Å². The molecule has 0 aromatic carbocycles. The maximum atomic E-state index is 11.6. The van der Waals surface area contributed by atoms with E-state index in [0.717, 1.165) is 12.1 Å². The Kier molecular flexibility index (Phi) is 6.33. The Labute approximate surface area is 108 Å². The first kappa shape index (κ1) is 14.6. The molecule has 18 heavy (non-hydrogen) atoms. The quantitative estimate of drug-likeness (QED) is 0.718. The summed E-state index contributed by atoms with van der Waals surface area (Å²) in [4.78, 5) is 4.07. The van der Waals surface area contributed by atoms with Crippen LogP contribution in [0.25, 0.3) is 0 Å². The second-order valence-electron chi connectivity index (χ2n) is 3.90. The van der Waals surface area contributed by atoms with Crippen molar-refractivity contribution in [3.63, 3.8) is 0 Å². The van der Waals surface area contributed by atoms with Crippen LogP contribution in [0.4, 0.5) is 0 Å². The predicted molar refractivity (Wildman–Crippen MR) is 69.2 cm³/mol. The molecule has 0 saturated carbocycles. The molecule has 98 valence electrons. The fraction of sp³-hybridized carbons (Fsp3) is 0.500. The smallest absolute Gasteiger partial charge is 0.211 e. The molecule has 0 fully saturated rings. The number of aromatic nitrogens is 1. The molecule has 1 heterocycles. The van der Waals surface area contributed by atoms with E-state index in [0.29, 0.717) is 25.8 Å². The highest BCUT2D eigenvalue weighted by molar-refractivity contribution is 7.89. The summed E-state index contributed by atoms with van der Waals surface area (Å²) in [6.07, 6.45) is 3.94. The molecule has 1 aromatic heterocycles. The Balaban J connectivity index is 2.26. The van der Waals surface area contributed by atoms with E-state index in [1.165, 1.54) is 0 Å². The molecule has 0 saturated heterocycles. The van der Waals surface area contributed by atoms with Crippen molar-refractivity contribution in [2.24, 2.45) is 0 Å². The lowest BCUT2D eigenvalue weighted by Crippen LogP contribution is -2.28. The molecule has 0 aliphatic rings. The van der Waals surface area contributed by atoms with Gasteiger partial charge in [0.1, 0.15) is 0 Å². The fourth-order valence-electron chi connectivity index (χ4n) is 1.41. The van der Waals surface area contributed by atoms with Gasteiger partial charge >= 0.3 is 0 Å². The average molecular weight is 267 g/mol. The monoisotopic (exact) mass is 267 g/mol. The number of hydrogen-bond donors (Lipinski definition) is 1. The van der Waals surface area contributed by atoms with Crippen molar-refractivity contribution in [2.45, 2.75) is 25.7 Å². The van der Waals surface area contributed by atoms with Crippen LogP contribution in [0.1, 0.15) is 25.0 Å². The van der Waals surface area contributed by atoms with Gasteiger partial charge in [-0.25, -0.2) is 13.1 Å². The van der Waals surface area contributed by atoms with E-state index in [1.807, 2.05) is 18.2 Å². The minimum Gasteiger partial charge on any atom is -0.261 e. The van der Waals surface area contributed by atoms with Gasteiger partial charge in [0.15, 0.2) is 0 Å². The lowest BCUT2D eigenvalue weighted by atomic mass is 10.2. The normalized spacial score (nSPS) is 11.1. The van der Waals surface area contributed by atoms with Crippen LogP contribution in [-0.2, 0) is 16.4 Å². The van der Waals surface area contributed by atoms with Crippen LogP contribution in [0.3, 0.4) is 0 Å². The third-order valence-electron chi connectivity index (χ3n) is 2.39. The van der Waals surface area contributed by atoms with Crippen molar-refractivity contribution in [1.29, 1.82) is 5.26 Å². The molecule has 0 aliphatic heterocycles. The van der Waals surface area contributed by atoms with Crippen LogP contribution < -0.4 is 4.72 Å². The van der Waals surface area contributed by atoms with Gasteiger partial charge in [-0.3, -0.25) is 4.98 Å². The molecule has 0 atom stereocenters. The Morgan fingerprint density at radius 2 is 2.17 bits per heavy atom. The summed E-state index contributed by atoms with van der Waals surface area (Å²) < 4.78 is 25.8. The number of sulfonamides is 1. The first-order chi connectivity index (χ1) is 8.64. The second-order valence-corrected chi connectivity index (χ2v) is 5.83. The van der Waals surface area contributed by atoms with E-state index < -0.39 is 10.0 Å². The van der Waals surface area contributed by atoms with Crippen LogP contribution in [0.5, 0.6) is 0 Å². The molecule has 5 nitrogen and oxygen atoms in total. The number of nitriles is 1. The van der Waals surface area contributed by atoms with E-state index in [1.54, 1.807) is 12.3 Å². The molecule has 0 spiro atoms. The van der Waals surface area contributed by atoms with Crippen molar-refractivity contribution in [3.8, 4) is 6.07 Å². The van der Waals surface area contributed by atoms with Gasteiger partial charge in [0.2, 0.25) is 10.0 Å². The zero-order valence-electron chi connectivity index (χ0n) is 10.2. The number of nitrogens with zero attached hydrogens (tertiary/aromatic N) is 2. The fourth-order valence-corrected chi connectivity index (χ4v) is 2.49. The molecular formula is C12H17N3O2S. The van der Waals surface area contributed by atoms with Crippen LogP contribution in [0.2, 0.25) is 0 Å². The summed E-state index contributed by atoms with van der Waals surface area (Å²) >= 11 is 0. The second kappa shape index (κ2) is 7.80. The van der Waals surface area contributed by atoms with Gasteiger partial charge < -0.3 is 0 Å². The summed E-state index contributed by atoms with van der Waals surface area (Å²) in [7, 11) is -3.24. The molecule has 1 aromatic rings. The van der Waals surface area contributed by atoms with Crippen molar-refractivity contribution < 1.29 is 8.42 Å². The van der Waals surface area contributed by atoms with E-state index in [2.05, 4.69) is 9.71 Å². The highest BCUT2D eigenvalue weighted by Gasteiger charge is 2.09. The molecule has 1 rings (SSSR count). The minimum absolute atomic E-state index is 0.0439. The molecule has 0 bridgehead atoms. The summed E-state index contributed by atoms with van der Waals surface area (Å²) in [5.41, 5.74) is 0.771. The Bertz CT molecular complexity index is 480. The Morgan fingerprint density at radius 1 is 1.33 bits per heavy atom. The molecule has 0 radical (unpaired) electrons. The summed E-state index contributed by atoms with van der Waals surface area (Å²) in [6.45, 7) is 0.395. The zero-order valence-corrected chi connectivity index (χ0v) is 11.0. The predicted octanol–water partition coefficient (Wildman–Crippen LogP) is 1.24. The third kappa shape index (κ3) is 6.33. The third-order valence-corrected chi connectivity index (χ3v) is 3.78. The van der Waals surface area contributed by atoms with Gasteiger partial charge in [0.25, 0.3) is 0 Å². The number of hydrogen-bond acceptors (Lipinski definition) is 4. The first-order valence-electron chi connectivity index (χ1n) is 5.88. The van der Waals surface area contributed by atoms with Gasteiger partial charge in [-0.1, -0.05) is 6.07 Å². The molecule has 6 heteroatoms. The maximum Gasteiger partial charge on any atom is 0.211 e. The van der Waals surface area contributed by atoms with E-state index in [9.17, 15) is 8.42 Å². The lowest BCUT2D eigenvalue weighted by Gasteiger charge is -2.05. The van der Waals surface area contributed by atoms with Gasteiger partial charge in [0, 0.05) is 31.3 Å². The highest BCUT2D eigenvalue weighted by Crippen LogP contribution is 1.98. The number of nitrogens with one attached hydrogen (secondary N) is 1. The summed E-state index contributed by atoms with van der Waals surface area (Å²) in [5, 5.41) is 8.34. The van der Waals surface area contributed by atoms with Crippen molar-refractivity contribution in [1.82, 2.24) is 9.71 Å². The number of rotatable bonds is 8. The Morgan fingerprint density at radius 3 is 2.83 bits per heavy atom. The van der Waals surface area contributed by atoms with Crippen molar-refractivity contribution in [3.05, 3.63) is 30.1 Å². The van der Waals surface area contributed by atoms with E-state index >= 15 is 0 Å². The minimum atomic E-state index is -3.24. The SMILES string of the molecule is N#CCCCCNS(=O)(=O)CCc1ccccn1. The van der Waals surface area contributed by atoms with Crippen LogP contribution in [-0.4, -0.2) is 25.7 Å². The molecule has 0 amide bonds. The van der Waals surface area contributed by atoms with Gasteiger partial charge in [0.05, 0.1) is 11.8 Å². The van der Waals surface area contributed by atoms with E-state index in [4.69, 9.17) is 5.26 Å². The van der Waals surface area contributed by atoms with Crippen molar-refractivity contribution in [2.75, 3.05) is 12.3 Å². The van der Waals surface area contributed by atoms with Gasteiger partial charge in [-0.2, -0.15) is 5.26 Å². The average Bonchev–Trinajstić information content (AvgIpc) is 2.38. The van der Waals surface area contributed by atoms with Crippen LogP contribution in [0, 0.1) is 11.3 Å². The first-order valence-corrected chi connectivity index (χ1v) is 7.53. The van der Waals surface area contributed by atoms with Crippen LogP contribution >= 0.6 is 0 Å². The largest absolute Gasteiger partial charge is 0.261 e. The standard InChI is InChI=1S/C12H17N3O2S/c13-8-3-1-4-10-15-18(16,17)11-7-12-6-2-5-9-14-12/h2,5-6,9,15H,1,3-4,7,10-11H2. The molecular weight excluding hydrogens is 250 g/mol. The van der Waals surface area contributed by atoms with Crippen LogP contribution in [0.15, 0.2) is 24.4 Å². The number of pyridine rings is 1. The van der Waals surface area contributed by atoms with Gasteiger partial charge in [-0.05, 0) is 25.0 Å². The summed E-state index contributed by atoms with van der Waals surface area (Å²) in [5.74, 6) is 0.0439. The summed E-state index contributed by atoms with van der Waals surface area (Å²) in [6, 6.07) is 7.47.